The van der Waals surface area contributed by atoms with Gasteiger partial charge in [-0.3, -0.25) is 4.79 Å². The van der Waals surface area contributed by atoms with Crippen molar-refractivity contribution in [2.45, 2.75) is 6.92 Å². The third-order valence-corrected chi connectivity index (χ3v) is 3.52. The summed E-state index contributed by atoms with van der Waals surface area (Å²) in [6, 6.07) is 8.99. The topological polar surface area (TPSA) is 66.0 Å². The van der Waals surface area contributed by atoms with Crippen molar-refractivity contribution in [2.24, 2.45) is 0 Å². The molecule has 6 heteroatoms. The van der Waals surface area contributed by atoms with Crippen LogP contribution in [0.1, 0.15) is 17.3 Å². The number of hydrogen-bond acceptors (Lipinski definition) is 4. The summed E-state index contributed by atoms with van der Waals surface area (Å²) in [7, 11) is 1.59. The van der Waals surface area contributed by atoms with E-state index in [1.54, 1.807) is 37.5 Å². The Balaban J connectivity index is 2.32. The van der Waals surface area contributed by atoms with Crippen molar-refractivity contribution in [1.82, 2.24) is 10.3 Å². The fraction of sp³-hybridized carbons (Fsp3) is 0.111. The van der Waals surface area contributed by atoms with Gasteiger partial charge in [0.05, 0.1) is 28.2 Å². The predicted molar refractivity (Wildman–Crippen MR) is 99.9 cm³/mol. The second-order valence-corrected chi connectivity index (χ2v) is 5.42. The smallest absolute Gasteiger partial charge is 0.253 e. The van der Waals surface area contributed by atoms with E-state index >= 15 is 0 Å². The number of amides is 1. The van der Waals surface area contributed by atoms with E-state index in [1.165, 1.54) is 0 Å². The molecule has 5 nitrogen and oxygen atoms in total. The maximum Gasteiger partial charge on any atom is 0.253 e. The van der Waals surface area contributed by atoms with E-state index in [4.69, 9.17) is 11.6 Å². The second-order valence-electron chi connectivity index (χ2n) is 5.01. The van der Waals surface area contributed by atoms with Crippen LogP contribution in [0, 0.1) is 0 Å². The monoisotopic (exact) mass is 342 g/mol. The van der Waals surface area contributed by atoms with Gasteiger partial charge in [0, 0.05) is 18.8 Å². The number of para-hydroxylation sites is 1. The molecule has 0 aliphatic rings. The lowest BCUT2D eigenvalue weighted by Crippen LogP contribution is -2.19. The Labute approximate surface area is 146 Å². The van der Waals surface area contributed by atoms with E-state index in [9.17, 15) is 4.79 Å². The number of pyridine rings is 1. The summed E-state index contributed by atoms with van der Waals surface area (Å²) >= 11 is 6.23. The third kappa shape index (κ3) is 4.36. The van der Waals surface area contributed by atoms with E-state index < -0.39 is 0 Å². The van der Waals surface area contributed by atoms with E-state index in [2.05, 4.69) is 27.5 Å². The number of halogens is 1. The molecule has 0 bridgehead atoms. The highest BCUT2D eigenvalue weighted by molar-refractivity contribution is 6.33. The van der Waals surface area contributed by atoms with E-state index in [1.807, 2.05) is 25.1 Å². The summed E-state index contributed by atoms with van der Waals surface area (Å²) in [6.07, 6.45) is 5.08. The van der Waals surface area contributed by atoms with Crippen LogP contribution in [-0.2, 0) is 0 Å². The molecule has 0 radical (unpaired) electrons. The van der Waals surface area contributed by atoms with E-state index in [0.717, 1.165) is 5.70 Å². The van der Waals surface area contributed by atoms with Crippen LogP contribution in [0.2, 0.25) is 5.02 Å². The molecule has 0 saturated heterocycles. The average molecular weight is 343 g/mol. The average Bonchev–Trinajstić information content (AvgIpc) is 2.58. The number of carbonyl (C=O) groups excluding carboxylic acids is 1. The number of allylic oxidation sites excluding steroid dienone is 3. The van der Waals surface area contributed by atoms with Crippen molar-refractivity contribution >= 4 is 34.7 Å². The summed E-state index contributed by atoms with van der Waals surface area (Å²) in [5.41, 5.74) is 2.74. The maximum atomic E-state index is 12.0. The Morgan fingerprint density at radius 3 is 2.75 bits per heavy atom. The fourth-order valence-corrected chi connectivity index (χ4v) is 2.24. The molecule has 0 unspecified atom stereocenters. The minimum Gasteiger partial charge on any atom is -0.355 e. The molecule has 3 N–H and O–H groups in total. The highest BCUT2D eigenvalue weighted by atomic mass is 35.5. The maximum absolute atomic E-state index is 12.0. The number of benzene rings is 1. The van der Waals surface area contributed by atoms with Crippen molar-refractivity contribution in [3.8, 4) is 0 Å². The number of nitrogens with one attached hydrogen (secondary N) is 3. The Morgan fingerprint density at radius 1 is 1.29 bits per heavy atom. The Hall–Kier alpha value is -2.79. The zero-order valence-corrected chi connectivity index (χ0v) is 14.3. The number of rotatable bonds is 6. The molecule has 2 rings (SSSR count). The third-order valence-electron chi connectivity index (χ3n) is 3.22. The van der Waals surface area contributed by atoms with Gasteiger partial charge < -0.3 is 16.0 Å². The first-order chi connectivity index (χ1) is 11.5. The summed E-state index contributed by atoms with van der Waals surface area (Å²) in [5.74, 6) is 0.460. The van der Waals surface area contributed by atoms with Crippen LogP contribution in [0.5, 0.6) is 0 Å². The normalized spacial score (nSPS) is 10.9. The zero-order chi connectivity index (χ0) is 17.5. The van der Waals surface area contributed by atoms with Crippen LogP contribution in [0.3, 0.4) is 0 Å². The highest BCUT2D eigenvalue weighted by Crippen LogP contribution is 2.29. The van der Waals surface area contributed by atoms with E-state index in [0.29, 0.717) is 27.8 Å². The van der Waals surface area contributed by atoms with Crippen molar-refractivity contribution < 1.29 is 4.79 Å². The lowest BCUT2D eigenvalue weighted by Gasteiger charge is -2.14. The van der Waals surface area contributed by atoms with Gasteiger partial charge in [-0.05, 0) is 25.1 Å². The van der Waals surface area contributed by atoms with Crippen LogP contribution in [0.15, 0.2) is 61.0 Å². The molecular weight excluding hydrogens is 324 g/mol. The lowest BCUT2D eigenvalue weighted by atomic mass is 10.1. The van der Waals surface area contributed by atoms with E-state index in [-0.39, 0.29) is 5.91 Å². The molecule has 0 atom stereocenters. The van der Waals surface area contributed by atoms with Gasteiger partial charge in [0.15, 0.2) is 0 Å². The summed E-state index contributed by atoms with van der Waals surface area (Å²) < 4.78 is 0. The molecule has 2 aromatic rings. The molecule has 1 amide bonds. The summed E-state index contributed by atoms with van der Waals surface area (Å²) in [4.78, 5) is 16.2. The van der Waals surface area contributed by atoms with Gasteiger partial charge in [-0.2, -0.15) is 0 Å². The minimum absolute atomic E-state index is 0.175. The first kappa shape index (κ1) is 17.6. The molecular formula is C18H19ClN4O. The Kier molecular flexibility index (Phi) is 5.98. The molecule has 124 valence electrons. The molecule has 24 heavy (non-hydrogen) atoms. The molecule has 1 aromatic heterocycles. The lowest BCUT2D eigenvalue weighted by molar-refractivity contribution is 0.0964. The van der Waals surface area contributed by atoms with Crippen molar-refractivity contribution in [1.29, 1.82) is 0 Å². The van der Waals surface area contributed by atoms with Crippen LogP contribution >= 0.6 is 11.6 Å². The van der Waals surface area contributed by atoms with Gasteiger partial charge in [-0.15, -0.1) is 0 Å². The first-order valence-electron chi connectivity index (χ1n) is 7.35. The van der Waals surface area contributed by atoms with Gasteiger partial charge in [-0.1, -0.05) is 36.4 Å². The second kappa shape index (κ2) is 8.17. The SMILES string of the molecule is C=C/C=C(\C)Nc1cc(Nc2ccccc2C(=O)NC)c(Cl)cn1. The van der Waals surface area contributed by atoms with Crippen molar-refractivity contribution in [3.63, 3.8) is 0 Å². The van der Waals surface area contributed by atoms with Gasteiger partial charge in [0.1, 0.15) is 5.82 Å². The summed E-state index contributed by atoms with van der Waals surface area (Å²) in [5, 5.41) is 9.41. The number of hydrogen-bond donors (Lipinski definition) is 3. The fourth-order valence-electron chi connectivity index (χ4n) is 2.09. The van der Waals surface area contributed by atoms with Crippen molar-refractivity contribution in [2.75, 3.05) is 17.7 Å². The molecule has 1 aromatic carbocycles. The van der Waals surface area contributed by atoms with Crippen LogP contribution in [0.25, 0.3) is 0 Å². The quantitative estimate of drug-likeness (QED) is 0.683. The number of nitrogens with zero attached hydrogens (tertiary/aromatic N) is 1. The van der Waals surface area contributed by atoms with Crippen molar-refractivity contribution in [3.05, 3.63) is 71.5 Å². The largest absolute Gasteiger partial charge is 0.355 e. The number of anilines is 3. The van der Waals surface area contributed by atoms with Crippen LogP contribution in [0.4, 0.5) is 17.2 Å². The highest BCUT2D eigenvalue weighted by Gasteiger charge is 2.11. The van der Waals surface area contributed by atoms with Gasteiger partial charge in [0.25, 0.3) is 5.91 Å². The number of carbonyl (C=O) groups is 1. The number of aromatic nitrogens is 1. The Bertz CT molecular complexity index is 786. The molecule has 0 spiro atoms. The van der Waals surface area contributed by atoms with Gasteiger partial charge in [-0.25, -0.2) is 4.98 Å². The molecule has 0 aliphatic carbocycles. The molecule has 0 saturated carbocycles. The van der Waals surface area contributed by atoms with Gasteiger partial charge >= 0.3 is 0 Å². The zero-order valence-electron chi connectivity index (χ0n) is 13.6. The summed E-state index contributed by atoms with van der Waals surface area (Å²) in [6.45, 7) is 5.56. The standard InChI is InChI=1S/C18H19ClN4O/c1-4-7-12(2)22-17-10-16(14(19)11-21-17)23-15-9-6-5-8-13(15)18(24)20-3/h4-11H,1H2,2-3H3,(H,20,24)(H2,21,22,23)/b12-7+. The van der Waals surface area contributed by atoms with Gasteiger partial charge in [0.2, 0.25) is 0 Å². The Morgan fingerprint density at radius 2 is 2.04 bits per heavy atom. The first-order valence-corrected chi connectivity index (χ1v) is 7.73. The molecule has 0 aliphatic heterocycles. The van der Waals surface area contributed by atoms with Crippen LogP contribution < -0.4 is 16.0 Å². The molecule has 0 fully saturated rings. The minimum atomic E-state index is -0.175. The van der Waals surface area contributed by atoms with Crippen LogP contribution in [-0.4, -0.2) is 17.9 Å². The molecule has 1 heterocycles. The predicted octanol–water partition coefficient (Wildman–Crippen LogP) is 4.34.